The average Bonchev–Trinajstić information content (AvgIpc) is 2.55. The minimum absolute atomic E-state index is 0.395. The Bertz CT molecular complexity index is 696. The van der Waals surface area contributed by atoms with Crippen molar-refractivity contribution in [2.75, 3.05) is 0 Å². The fourth-order valence-corrected chi connectivity index (χ4v) is 6.18. The zero-order valence-corrected chi connectivity index (χ0v) is 13.5. The first-order valence-corrected chi connectivity index (χ1v) is 9.11. The molecule has 6 rings (SSSR count). The zero-order chi connectivity index (χ0) is 15.4. The summed E-state index contributed by atoms with van der Waals surface area (Å²) in [5.74, 6) is 3.27. The Hall–Kier alpha value is -1.76. The predicted molar refractivity (Wildman–Crippen MR) is 93.4 cm³/mol. The highest BCUT2D eigenvalue weighted by Crippen LogP contribution is 2.61. The van der Waals surface area contributed by atoms with E-state index in [1.165, 1.54) is 44.1 Å². The molecule has 4 bridgehead atoms. The molecule has 1 nitrogen and oxygen atoms in total. The SMILES string of the molecule is Oc1ccc(C23CC4CC(CC(C4)C2)C3)cc1-c1ccccc1. The molecule has 4 aliphatic carbocycles. The van der Waals surface area contributed by atoms with Crippen LogP contribution in [0.5, 0.6) is 5.75 Å². The molecule has 1 heteroatoms. The number of phenols is 1. The molecule has 4 fully saturated rings. The van der Waals surface area contributed by atoms with Crippen LogP contribution in [0, 0.1) is 17.8 Å². The summed E-state index contributed by atoms with van der Waals surface area (Å²) >= 11 is 0. The molecule has 4 aliphatic rings. The maximum Gasteiger partial charge on any atom is 0.123 e. The van der Waals surface area contributed by atoms with Crippen molar-refractivity contribution in [1.29, 1.82) is 0 Å². The van der Waals surface area contributed by atoms with Crippen molar-refractivity contribution in [2.24, 2.45) is 17.8 Å². The first kappa shape index (κ1) is 13.7. The van der Waals surface area contributed by atoms with Gasteiger partial charge in [0.15, 0.2) is 0 Å². The highest BCUT2D eigenvalue weighted by molar-refractivity contribution is 5.71. The third-order valence-electron chi connectivity index (χ3n) is 6.73. The van der Waals surface area contributed by atoms with E-state index in [1.54, 1.807) is 0 Å². The lowest BCUT2D eigenvalue weighted by Gasteiger charge is -2.57. The van der Waals surface area contributed by atoms with Gasteiger partial charge in [-0.05, 0) is 85.0 Å². The largest absolute Gasteiger partial charge is 0.507 e. The summed E-state index contributed by atoms with van der Waals surface area (Å²) in [7, 11) is 0. The van der Waals surface area contributed by atoms with Crippen molar-refractivity contribution in [3.8, 4) is 16.9 Å². The van der Waals surface area contributed by atoms with Crippen LogP contribution >= 0.6 is 0 Å². The molecule has 2 aromatic rings. The first-order valence-electron chi connectivity index (χ1n) is 9.11. The van der Waals surface area contributed by atoms with Gasteiger partial charge < -0.3 is 5.11 Å². The summed E-state index contributed by atoms with van der Waals surface area (Å²) < 4.78 is 0. The molecule has 23 heavy (non-hydrogen) atoms. The van der Waals surface area contributed by atoms with Gasteiger partial charge in [-0.25, -0.2) is 0 Å². The molecule has 0 unspecified atom stereocenters. The second-order valence-electron chi connectivity index (χ2n) is 8.30. The van der Waals surface area contributed by atoms with E-state index in [0.29, 0.717) is 11.2 Å². The number of phenolic OH excluding ortho intramolecular Hbond substituents is 1. The highest BCUT2D eigenvalue weighted by atomic mass is 16.3. The van der Waals surface area contributed by atoms with Crippen molar-refractivity contribution < 1.29 is 5.11 Å². The van der Waals surface area contributed by atoms with E-state index in [-0.39, 0.29) is 0 Å². The maximum absolute atomic E-state index is 10.4. The van der Waals surface area contributed by atoms with Crippen LogP contribution < -0.4 is 0 Å². The molecule has 0 amide bonds. The minimum atomic E-state index is 0.395. The van der Waals surface area contributed by atoms with Gasteiger partial charge in [-0.3, -0.25) is 0 Å². The predicted octanol–water partition coefficient (Wildman–Crippen LogP) is 5.53. The molecule has 118 valence electrons. The normalized spacial score (nSPS) is 34.7. The van der Waals surface area contributed by atoms with Crippen LogP contribution in [0.25, 0.3) is 11.1 Å². The van der Waals surface area contributed by atoms with E-state index in [4.69, 9.17) is 0 Å². The van der Waals surface area contributed by atoms with Crippen LogP contribution in [-0.2, 0) is 5.41 Å². The quantitative estimate of drug-likeness (QED) is 0.773. The second kappa shape index (κ2) is 4.87. The van der Waals surface area contributed by atoms with Gasteiger partial charge in [0.1, 0.15) is 5.75 Å². The summed E-state index contributed by atoms with van der Waals surface area (Å²) in [6.45, 7) is 0. The molecule has 0 spiro atoms. The lowest BCUT2D eigenvalue weighted by molar-refractivity contribution is -0.00518. The van der Waals surface area contributed by atoms with E-state index in [9.17, 15) is 5.11 Å². The molecule has 2 aromatic carbocycles. The van der Waals surface area contributed by atoms with Crippen LogP contribution in [0.1, 0.15) is 44.1 Å². The molecule has 1 N–H and O–H groups in total. The van der Waals surface area contributed by atoms with Gasteiger partial charge in [0.05, 0.1) is 0 Å². The Balaban J connectivity index is 1.59. The van der Waals surface area contributed by atoms with Crippen molar-refractivity contribution in [3.63, 3.8) is 0 Å². The molecule has 0 radical (unpaired) electrons. The topological polar surface area (TPSA) is 20.2 Å². The lowest BCUT2D eigenvalue weighted by atomic mass is 9.48. The van der Waals surface area contributed by atoms with Gasteiger partial charge in [0.25, 0.3) is 0 Å². The second-order valence-corrected chi connectivity index (χ2v) is 8.30. The van der Waals surface area contributed by atoms with Crippen LogP contribution in [-0.4, -0.2) is 5.11 Å². The van der Waals surface area contributed by atoms with Gasteiger partial charge in [-0.2, -0.15) is 0 Å². The Labute approximate surface area is 138 Å². The molecule has 0 heterocycles. The van der Waals surface area contributed by atoms with Gasteiger partial charge in [-0.1, -0.05) is 36.4 Å². The number of rotatable bonds is 2. The Morgan fingerprint density at radius 1 is 0.783 bits per heavy atom. The number of aromatic hydroxyl groups is 1. The summed E-state index contributed by atoms with van der Waals surface area (Å²) in [5.41, 5.74) is 4.00. The summed E-state index contributed by atoms with van der Waals surface area (Å²) in [6.07, 6.45) is 8.54. The van der Waals surface area contributed by atoms with E-state index >= 15 is 0 Å². The molecule has 0 aliphatic heterocycles. The third-order valence-corrected chi connectivity index (χ3v) is 6.73. The van der Waals surface area contributed by atoms with Gasteiger partial charge >= 0.3 is 0 Å². The molecular weight excluding hydrogens is 280 g/mol. The van der Waals surface area contributed by atoms with Gasteiger partial charge in [-0.15, -0.1) is 0 Å². The van der Waals surface area contributed by atoms with Crippen LogP contribution in [0.4, 0.5) is 0 Å². The van der Waals surface area contributed by atoms with E-state index < -0.39 is 0 Å². The van der Waals surface area contributed by atoms with Gasteiger partial charge in [0, 0.05) is 5.56 Å². The van der Waals surface area contributed by atoms with Crippen LogP contribution in [0.3, 0.4) is 0 Å². The highest BCUT2D eigenvalue weighted by Gasteiger charge is 2.51. The maximum atomic E-state index is 10.4. The van der Waals surface area contributed by atoms with Crippen LogP contribution in [0.2, 0.25) is 0 Å². The summed E-state index contributed by atoms with van der Waals surface area (Å²) in [4.78, 5) is 0. The minimum Gasteiger partial charge on any atom is -0.507 e. The third kappa shape index (κ3) is 2.13. The van der Waals surface area contributed by atoms with Crippen LogP contribution in [0.15, 0.2) is 48.5 Å². The standard InChI is InChI=1S/C22H24O/c23-21-7-6-19(11-20(21)18-4-2-1-3-5-18)22-12-15-8-16(13-22)10-17(9-15)14-22/h1-7,11,15-17,23H,8-10,12-14H2. The number of hydrogen-bond acceptors (Lipinski definition) is 1. The number of benzene rings is 2. The Morgan fingerprint density at radius 2 is 1.39 bits per heavy atom. The fraction of sp³-hybridized carbons (Fsp3) is 0.455. The first-order chi connectivity index (χ1) is 11.2. The van der Waals surface area contributed by atoms with Crippen molar-refractivity contribution in [1.82, 2.24) is 0 Å². The fourth-order valence-electron chi connectivity index (χ4n) is 6.18. The molecule has 0 saturated heterocycles. The van der Waals surface area contributed by atoms with Gasteiger partial charge in [0.2, 0.25) is 0 Å². The summed E-state index contributed by atoms with van der Waals surface area (Å²) in [5, 5.41) is 10.4. The monoisotopic (exact) mass is 304 g/mol. The van der Waals surface area contributed by atoms with Crippen molar-refractivity contribution in [2.45, 2.75) is 43.9 Å². The molecule has 0 atom stereocenters. The smallest absolute Gasteiger partial charge is 0.123 e. The van der Waals surface area contributed by atoms with Crippen molar-refractivity contribution >= 4 is 0 Å². The van der Waals surface area contributed by atoms with E-state index in [2.05, 4.69) is 24.3 Å². The zero-order valence-electron chi connectivity index (χ0n) is 13.5. The lowest BCUT2D eigenvalue weighted by Crippen LogP contribution is -2.48. The number of hydrogen-bond donors (Lipinski definition) is 1. The molecular formula is C22H24O. The molecule has 4 saturated carbocycles. The van der Waals surface area contributed by atoms with E-state index in [1.807, 2.05) is 24.3 Å². The van der Waals surface area contributed by atoms with Crippen molar-refractivity contribution in [3.05, 3.63) is 54.1 Å². The Morgan fingerprint density at radius 3 is 2.00 bits per heavy atom. The molecule has 0 aromatic heterocycles. The summed E-state index contributed by atoms with van der Waals surface area (Å²) in [6, 6.07) is 16.7. The average molecular weight is 304 g/mol. The van der Waals surface area contributed by atoms with E-state index in [0.717, 1.165) is 28.9 Å². The Kier molecular flexibility index (Phi) is 2.89.